The zero-order valence-corrected chi connectivity index (χ0v) is 24.6. The van der Waals surface area contributed by atoms with Crippen LogP contribution in [0.3, 0.4) is 0 Å². The van der Waals surface area contributed by atoms with Crippen molar-refractivity contribution in [2.45, 2.75) is 42.8 Å². The number of β-lactam (4-membered cyclic amide) rings is 1. The molecule has 1 saturated heterocycles. The Labute approximate surface area is 246 Å². The second kappa shape index (κ2) is 11.7. The molecule has 1 aromatic carbocycles. The molecule has 5 rings (SSSR count). The molecule has 0 radical (unpaired) electrons. The van der Waals surface area contributed by atoms with Crippen molar-refractivity contribution in [3.05, 3.63) is 67.2 Å². The average molecular weight is 616 g/mol. The number of fused-ring (bicyclic) bond motifs is 2. The minimum atomic E-state index is -0.881. The Hall–Kier alpha value is -3.56. The molecule has 0 spiro atoms. The highest BCUT2D eigenvalue weighted by Gasteiger charge is 2.60. The van der Waals surface area contributed by atoms with E-state index < -0.39 is 29.0 Å². The molecule has 41 heavy (non-hydrogen) atoms. The Bertz CT molecular complexity index is 1610. The van der Waals surface area contributed by atoms with Crippen LogP contribution >= 0.6 is 34.9 Å². The molecule has 3 aromatic rings. The number of thiazole rings is 1. The normalized spacial score (nSPS) is 20.5. The number of benzene rings is 1. The number of nitro benzene ring substituents is 1. The summed E-state index contributed by atoms with van der Waals surface area (Å²) in [6.07, 6.45) is 2.93. The quantitative estimate of drug-likeness (QED) is 0.0367. The summed E-state index contributed by atoms with van der Waals surface area (Å²) >= 11 is 4.38. The maximum atomic E-state index is 13.6. The van der Waals surface area contributed by atoms with E-state index >= 15 is 0 Å². The SMILES string of the molecule is CSc1nc(SCCN=[N+]=[N-])c2sc(C3=C(C(=O)OCc4ccc([N+](=O)[O-])cc4)N4C(=O)[C@H]([C@@H](C)O)[C@H]4[C@H]3C)cn12. The van der Waals surface area contributed by atoms with Crippen LogP contribution in [0.5, 0.6) is 0 Å². The third kappa shape index (κ3) is 5.17. The summed E-state index contributed by atoms with van der Waals surface area (Å²) in [5.74, 6) is -1.36. The third-order valence-corrected chi connectivity index (χ3v) is 9.94. The summed E-state index contributed by atoms with van der Waals surface area (Å²) in [5, 5.41) is 26.4. The lowest BCUT2D eigenvalue weighted by Crippen LogP contribution is -2.63. The minimum absolute atomic E-state index is 0.0728. The summed E-state index contributed by atoms with van der Waals surface area (Å²) in [7, 11) is 0. The molecule has 1 N–H and O–H groups in total. The number of amides is 1. The van der Waals surface area contributed by atoms with Gasteiger partial charge in [0.05, 0.1) is 27.9 Å². The predicted octanol–water partition coefficient (Wildman–Crippen LogP) is 4.74. The van der Waals surface area contributed by atoms with Crippen molar-refractivity contribution in [3.8, 4) is 0 Å². The van der Waals surface area contributed by atoms with E-state index in [1.807, 2.05) is 23.8 Å². The fourth-order valence-corrected chi connectivity index (χ4v) is 8.05. The molecule has 1 fully saturated rings. The first-order valence-corrected chi connectivity index (χ1v) is 15.6. The Morgan fingerprint density at radius 2 is 2.12 bits per heavy atom. The van der Waals surface area contributed by atoms with Gasteiger partial charge in [0.25, 0.3) is 5.69 Å². The van der Waals surface area contributed by atoms with Crippen LogP contribution in [0.4, 0.5) is 5.69 Å². The van der Waals surface area contributed by atoms with Gasteiger partial charge in [0.1, 0.15) is 22.2 Å². The smallest absolute Gasteiger partial charge is 0.355 e. The van der Waals surface area contributed by atoms with Crippen LogP contribution < -0.4 is 0 Å². The number of imidazole rings is 1. The lowest BCUT2D eigenvalue weighted by Gasteiger charge is -2.46. The van der Waals surface area contributed by atoms with Crippen molar-refractivity contribution in [2.24, 2.45) is 17.0 Å². The number of nitro groups is 1. The molecule has 0 bridgehead atoms. The Morgan fingerprint density at radius 3 is 2.76 bits per heavy atom. The number of azide groups is 1. The number of carbonyl (C=O) groups is 2. The number of hydrogen-bond donors (Lipinski definition) is 1. The van der Waals surface area contributed by atoms with Crippen LogP contribution in [0, 0.1) is 22.0 Å². The van der Waals surface area contributed by atoms with E-state index in [2.05, 4.69) is 10.0 Å². The number of nitrogens with zero attached hydrogens (tertiary/aromatic N) is 7. The summed E-state index contributed by atoms with van der Waals surface area (Å²) in [4.78, 5) is 47.7. The highest BCUT2D eigenvalue weighted by atomic mass is 32.2. The van der Waals surface area contributed by atoms with Gasteiger partial charge >= 0.3 is 5.97 Å². The molecular formula is C25H25N7O6S3. The van der Waals surface area contributed by atoms with Gasteiger partial charge in [-0.05, 0) is 36.4 Å². The molecule has 2 aromatic heterocycles. The lowest BCUT2D eigenvalue weighted by atomic mass is 9.77. The van der Waals surface area contributed by atoms with Gasteiger partial charge in [-0.25, -0.2) is 9.78 Å². The fraction of sp³-hybridized carbons (Fsp3) is 0.400. The van der Waals surface area contributed by atoms with Crippen LogP contribution in [-0.4, -0.2) is 66.9 Å². The number of aliphatic hydroxyl groups excluding tert-OH is 1. The van der Waals surface area contributed by atoms with Crippen LogP contribution in [0.2, 0.25) is 0 Å². The van der Waals surface area contributed by atoms with E-state index in [1.165, 1.54) is 64.0 Å². The summed E-state index contributed by atoms with van der Waals surface area (Å²) < 4.78 is 7.57. The molecule has 4 atom stereocenters. The number of non-ortho nitro benzene ring substituents is 1. The lowest BCUT2D eigenvalue weighted by molar-refractivity contribution is -0.384. The first-order valence-electron chi connectivity index (χ1n) is 12.5. The van der Waals surface area contributed by atoms with Crippen molar-refractivity contribution in [3.63, 3.8) is 0 Å². The standard InChI is InChI=1S/C25H25N7O6S3/c1-12-17(16-10-30-23(41-16)21(28-25(30)39-3)40-9-8-27-29-26)20(31-19(12)18(13(2)33)22(31)34)24(35)38-11-14-4-6-15(7-5-14)32(36)37/h4-7,10,12-13,18-19,33H,8-9,11H2,1-3H3/t12-,13+,18+,19+/m0/s1. The van der Waals surface area contributed by atoms with E-state index in [9.17, 15) is 24.8 Å². The molecule has 214 valence electrons. The van der Waals surface area contributed by atoms with Gasteiger partial charge in [-0.2, -0.15) is 0 Å². The van der Waals surface area contributed by atoms with Gasteiger partial charge in [-0.1, -0.05) is 23.8 Å². The maximum Gasteiger partial charge on any atom is 0.355 e. The molecule has 2 aliphatic rings. The van der Waals surface area contributed by atoms with E-state index in [0.717, 1.165) is 19.9 Å². The number of rotatable bonds is 11. The second-order valence-corrected chi connectivity index (χ2v) is 12.4. The largest absolute Gasteiger partial charge is 0.456 e. The minimum Gasteiger partial charge on any atom is -0.456 e. The highest BCUT2D eigenvalue weighted by Crippen LogP contribution is 2.52. The second-order valence-electron chi connectivity index (χ2n) is 9.49. The Morgan fingerprint density at radius 1 is 1.39 bits per heavy atom. The monoisotopic (exact) mass is 615 g/mol. The fourth-order valence-electron chi connectivity index (χ4n) is 5.24. The maximum absolute atomic E-state index is 13.6. The molecule has 0 aliphatic carbocycles. The van der Waals surface area contributed by atoms with Gasteiger partial charge in [0.15, 0.2) is 5.16 Å². The van der Waals surface area contributed by atoms with E-state index in [-0.39, 0.29) is 29.8 Å². The number of carbonyl (C=O) groups excluding carboxylic acids is 2. The van der Waals surface area contributed by atoms with E-state index in [4.69, 9.17) is 15.3 Å². The van der Waals surface area contributed by atoms with Crippen molar-refractivity contribution in [1.29, 1.82) is 0 Å². The van der Waals surface area contributed by atoms with Crippen molar-refractivity contribution in [2.75, 3.05) is 18.6 Å². The third-order valence-electron chi connectivity index (χ3n) is 7.08. The number of aromatic nitrogens is 2. The van der Waals surface area contributed by atoms with Crippen LogP contribution in [0.15, 0.2) is 51.5 Å². The highest BCUT2D eigenvalue weighted by molar-refractivity contribution is 8.00. The number of ether oxygens (including phenoxy) is 1. The van der Waals surface area contributed by atoms with Gasteiger partial charge in [0.2, 0.25) is 5.91 Å². The van der Waals surface area contributed by atoms with E-state index in [0.29, 0.717) is 23.4 Å². The summed E-state index contributed by atoms with van der Waals surface area (Å²) in [6, 6.07) is 5.31. The van der Waals surface area contributed by atoms with Gasteiger partial charge in [-0.3, -0.25) is 19.3 Å². The van der Waals surface area contributed by atoms with Crippen molar-refractivity contribution < 1.29 is 24.4 Å². The molecule has 1 amide bonds. The molecule has 16 heteroatoms. The predicted molar refractivity (Wildman–Crippen MR) is 154 cm³/mol. The van der Waals surface area contributed by atoms with E-state index in [1.54, 1.807) is 6.92 Å². The first-order chi connectivity index (χ1) is 19.7. The number of aliphatic hydroxyl groups is 1. The van der Waals surface area contributed by atoms with Crippen molar-refractivity contribution >= 4 is 62.8 Å². The van der Waals surface area contributed by atoms with Crippen LogP contribution in [0.1, 0.15) is 24.3 Å². The first kappa shape index (κ1) is 29.0. The topological polar surface area (TPSA) is 176 Å². The van der Waals surface area contributed by atoms with Crippen molar-refractivity contribution in [1.82, 2.24) is 14.3 Å². The number of hydrogen-bond acceptors (Lipinski definition) is 11. The Balaban J connectivity index is 1.51. The van der Waals surface area contributed by atoms with Crippen LogP contribution in [0.25, 0.3) is 20.8 Å². The molecular weight excluding hydrogens is 591 g/mol. The number of esters is 1. The zero-order chi connectivity index (χ0) is 29.4. The van der Waals surface area contributed by atoms with Crippen LogP contribution in [-0.2, 0) is 20.9 Å². The molecule has 0 saturated carbocycles. The zero-order valence-electron chi connectivity index (χ0n) is 22.2. The summed E-state index contributed by atoms with van der Waals surface area (Å²) in [6.45, 7) is 3.69. The molecule has 13 nitrogen and oxygen atoms in total. The molecule has 0 unspecified atom stereocenters. The average Bonchev–Trinajstić information content (AvgIpc) is 3.58. The molecule has 2 aliphatic heterocycles. The van der Waals surface area contributed by atoms with Gasteiger partial charge in [-0.15, -0.1) is 23.1 Å². The summed E-state index contributed by atoms with van der Waals surface area (Å²) in [5.41, 5.74) is 9.86. The Kier molecular flexibility index (Phi) is 8.29. The molecule has 4 heterocycles. The van der Waals surface area contributed by atoms with Gasteiger partial charge < -0.3 is 14.7 Å². The van der Waals surface area contributed by atoms with Gasteiger partial charge in [0, 0.05) is 47.0 Å². The number of thioether (sulfide) groups is 2.